The first-order chi connectivity index (χ1) is 21.6. The van der Waals surface area contributed by atoms with Crippen LogP contribution >= 0.6 is 23.2 Å². The van der Waals surface area contributed by atoms with E-state index in [1.165, 1.54) is 0 Å². The fourth-order valence-electron chi connectivity index (χ4n) is 7.20. The van der Waals surface area contributed by atoms with E-state index in [0.717, 1.165) is 75.8 Å². The molecule has 0 radical (unpaired) electrons. The van der Waals surface area contributed by atoms with Crippen LogP contribution < -0.4 is 5.32 Å². The smallest absolute Gasteiger partial charge is 0.276 e. The van der Waals surface area contributed by atoms with Crippen molar-refractivity contribution in [3.05, 3.63) is 75.5 Å². The number of nitrogens with zero attached hydrogens (tertiary/aromatic N) is 6. The van der Waals surface area contributed by atoms with Gasteiger partial charge in [-0.25, -0.2) is 4.68 Å². The maximum atomic E-state index is 13.8. The number of nitrogens with one attached hydrogen (secondary N) is 1. The van der Waals surface area contributed by atoms with Crippen molar-refractivity contribution < 1.29 is 9.59 Å². The normalized spacial score (nSPS) is 19.2. The molecule has 2 atom stereocenters. The minimum Gasteiger partial charge on any atom is -0.347 e. The molecule has 2 fully saturated rings. The van der Waals surface area contributed by atoms with Crippen molar-refractivity contribution in [2.24, 2.45) is 0 Å². The van der Waals surface area contributed by atoms with Crippen LogP contribution in [0, 0.1) is 6.92 Å². The molecule has 0 saturated carbocycles. The minimum atomic E-state index is -0.478. The van der Waals surface area contributed by atoms with Crippen molar-refractivity contribution in [2.45, 2.75) is 69.4 Å². The molecule has 0 aliphatic carbocycles. The van der Waals surface area contributed by atoms with E-state index < -0.39 is 5.54 Å². The second kappa shape index (κ2) is 14.6. The van der Waals surface area contributed by atoms with E-state index in [-0.39, 0.29) is 23.8 Å². The third-order valence-corrected chi connectivity index (χ3v) is 10.4. The maximum absolute atomic E-state index is 13.8. The van der Waals surface area contributed by atoms with Crippen LogP contribution in [0.3, 0.4) is 0 Å². The average Bonchev–Trinajstić information content (AvgIpc) is 3.45. The van der Waals surface area contributed by atoms with Crippen LogP contribution in [0.15, 0.2) is 48.5 Å². The van der Waals surface area contributed by atoms with Gasteiger partial charge in [0.15, 0.2) is 5.69 Å². The van der Waals surface area contributed by atoms with Gasteiger partial charge in [0, 0.05) is 39.6 Å². The van der Waals surface area contributed by atoms with E-state index in [1.54, 1.807) is 14.5 Å². The van der Waals surface area contributed by atoms with Crippen LogP contribution in [0.5, 0.6) is 0 Å². The summed E-state index contributed by atoms with van der Waals surface area (Å²) in [4.78, 5) is 33.5. The largest absolute Gasteiger partial charge is 0.347 e. The summed E-state index contributed by atoms with van der Waals surface area (Å²) in [5, 5.41) is 13.0. The zero-order chi connectivity index (χ0) is 32.1. The van der Waals surface area contributed by atoms with Crippen molar-refractivity contribution in [1.82, 2.24) is 35.0 Å². The summed E-state index contributed by atoms with van der Waals surface area (Å²) in [5.74, 6) is 0.0425. The predicted octanol–water partition coefficient (Wildman–Crippen LogP) is 5.58. The SMILES string of the molecule is Cc1c(C(=O)N(C)CC(CCC2CCCCN2C2(C(=O)N(C)C)CCNCC2)c2ccc(Cl)c(Cl)c2)nnn1-c1ccccc1. The number of hydrogen-bond acceptors (Lipinski definition) is 6. The van der Waals surface area contributed by atoms with Crippen LogP contribution in [0.1, 0.15) is 72.6 Å². The Labute approximate surface area is 276 Å². The Bertz CT molecular complexity index is 1470. The lowest BCUT2D eigenvalue weighted by atomic mass is 9.80. The van der Waals surface area contributed by atoms with Gasteiger partial charge >= 0.3 is 0 Å². The van der Waals surface area contributed by atoms with Gasteiger partial charge in [-0.05, 0) is 94.9 Å². The van der Waals surface area contributed by atoms with Crippen LogP contribution in [0.4, 0.5) is 0 Å². The zero-order valence-corrected chi connectivity index (χ0v) is 28.3. The number of piperidine rings is 2. The molecule has 2 unspecified atom stereocenters. The highest BCUT2D eigenvalue weighted by Gasteiger charge is 2.48. The summed E-state index contributed by atoms with van der Waals surface area (Å²) >= 11 is 12.8. The number of benzene rings is 2. The summed E-state index contributed by atoms with van der Waals surface area (Å²) in [7, 11) is 5.57. The van der Waals surface area contributed by atoms with Crippen molar-refractivity contribution in [1.29, 1.82) is 0 Å². The number of aromatic nitrogens is 3. The minimum absolute atomic E-state index is 0.00971. The third kappa shape index (κ3) is 7.22. The van der Waals surface area contributed by atoms with Gasteiger partial charge in [0.05, 0.1) is 21.4 Å². The van der Waals surface area contributed by atoms with Crippen molar-refractivity contribution in [2.75, 3.05) is 47.3 Å². The number of likely N-dealkylation sites (tertiary alicyclic amines) is 1. The Balaban J connectivity index is 1.37. The van der Waals surface area contributed by atoms with Crippen molar-refractivity contribution >= 4 is 35.0 Å². The van der Waals surface area contributed by atoms with Gasteiger partial charge in [0.2, 0.25) is 5.91 Å². The Morgan fingerprint density at radius 3 is 2.47 bits per heavy atom. The van der Waals surface area contributed by atoms with Crippen LogP contribution in [0.2, 0.25) is 10.0 Å². The standard InChI is InChI=1S/C34H45Cl2N7O2/c1-24-31(38-39-43(24)28-11-6-5-7-12-28)32(44)41(4)23-26(25-14-16-29(35)30(36)22-25)13-15-27-10-8-9-21-42(27)34(33(45)40(2)3)17-19-37-20-18-34/h5-7,11-12,14,16,22,26-27,37H,8-10,13,15,17-21,23H2,1-4H3. The number of halogens is 2. The highest BCUT2D eigenvalue weighted by Crippen LogP contribution is 2.38. The summed E-state index contributed by atoms with van der Waals surface area (Å²) in [6, 6.07) is 15.7. The first kappa shape index (κ1) is 33.4. The lowest BCUT2D eigenvalue weighted by molar-refractivity contribution is -0.148. The summed E-state index contributed by atoms with van der Waals surface area (Å²) in [6.45, 7) is 4.96. The maximum Gasteiger partial charge on any atom is 0.276 e. The first-order valence-electron chi connectivity index (χ1n) is 16.0. The highest BCUT2D eigenvalue weighted by atomic mass is 35.5. The van der Waals surface area contributed by atoms with Crippen molar-refractivity contribution in [3.63, 3.8) is 0 Å². The molecule has 1 N–H and O–H groups in total. The predicted molar refractivity (Wildman–Crippen MR) is 179 cm³/mol. The lowest BCUT2D eigenvalue weighted by Crippen LogP contribution is -2.66. The molecule has 2 amide bonds. The van der Waals surface area contributed by atoms with Crippen LogP contribution in [-0.4, -0.2) is 100 Å². The van der Waals surface area contributed by atoms with Gasteiger partial charge < -0.3 is 15.1 Å². The third-order valence-electron chi connectivity index (χ3n) is 9.61. The summed E-state index contributed by atoms with van der Waals surface area (Å²) < 4.78 is 1.70. The number of hydrogen-bond donors (Lipinski definition) is 1. The number of carbonyl (C=O) groups excluding carboxylic acids is 2. The Hall–Kier alpha value is -2.98. The zero-order valence-electron chi connectivity index (χ0n) is 26.8. The van der Waals surface area contributed by atoms with E-state index >= 15 is 0 Å². The fourth-order valence-corrected chi connectivity index (χ4v) is 7.51. The molecule has 2 aromatic carbocycles. The van der Waals surface area contributed by atoms with Gasteiger partial charge in [-0.2, -0.15) is 0 Å². The highest BCUT2D eigenvalue weighted by molar-refractivity contribution is 6.42. The molecule has 5 rings (SSSR count). The molecule has 2 saturated heterocycles. The Morgan fingerprint density at radius 1 is 1.04 bits per heavy atom. The molecule has 9 nitrogen and oxygen atoms in total. The molecular formula is C34H45Cl2N7O2. The number of rotatable bonds is 10. The van der Waals surface area contributed by atoms with Crippen LogP contribution in [0.25, 0.3) is 5.69 Å². The van der Waals surface area contributed by atoms with E-state index in [0.29, 0.717) is 28.0 Å². The first-order valence-corrected chi connectivity index (χ1v) is 16.8. The second-order valence-electron chi connectivity index (χ2n) is 12.7. The number of amides is 2. The molecule has 0 spiro atoms. The number of carbonyl (C=O) groups is 2. The molecule has 2 aliphatic heterocycles. The van der Waals surface area contributed by atoms with Gasteiger partial charge in [0.1, 0.15) is 5.54 Å². The van der Waals surface area contributed by atoms with Gasteiger partial charge in [-0.1, -0.05) is 59.1 Å². The summed E-state index contributed by atoms with van der Waals surface area (Å²) in [5.41, 5.74) is 2.45. The molecule has 3 aromatic rings. The molecule has 0 bridgehead atoms. The quantitative estimate of drug-likeness (QED) is 0.307. The molecule has 2 aliphatic rings. The topological polar surface area (TPSA) is 86.6 Å². The average molecular weight is 655 g/mol. The van der Waals surface area contributed by atoms with Gasteiger partial charge in [-0.3, -0.25) is 14.5 Å². The molecule has 1 aromatic heterocycles. The van der Waals surface area contributed by atoms with Gasteiger partial charge in [-0.15, -0.1) is 5.10 Å². The van der Waals surface area contributed by atoms with E-state index in [1.807, 2.05) is 76.6 Å². The molecular weight excluding hydrogens is 609 g/mol. The number of likely N-dealkylation sites (N-methyl/N-ethyl adjacent to an activating group) is 2. The molecule has 45 heavy (non-hydrogen) atoms. The Kier molecular flexibility index (Phi) is 10.9. The fraction of sp³-hybridized carbons (Fsp3) is 0.529. The number of para-hydroxylation sites is 1. The van der Waals surface area contributed by atoms with E-state index in [9.17, 15) is 9.59 Å². The molecule has 11 heteroatoms. The van der Waals surface area contributed by atoms with Crippen molar-refractivity contribution in [3.8, 4) is 5.69 Å². The molecule has 3 heterocycles. The van der Waals surface area contributed by atoms with Crippen LogP contribution in [-0.2, 0) is 4.79 Å². The Morgan fingerprint density at radius 2 is 1.78 bits per heavy atom. The summed E-state index contributed by atoms with van der Waals surface area (Å²) in [6.07, 6.45) is 6.68. The lowest BCUT2D eigenvalue weighted by Gasteiger charge is -2.51. The van der Waals surface area contributed by atoms with E-state index in [4.69, 9.17) is 23.2 Å². The monoisotopic (exact) mass is 653 g/mol. The second-order valence-corrected chi connectivity index (χ2v) is 13.5. The molecule has 242 valence electrons. The van der Waals surface area contributed by atoms with E-state index in [2.05, 4.69) is 20.5 Å². The van der Waals surface area contributed by atoms with Gasteiger partial charge in [0.25, 0.3) is 5.91 Å².